The van der Waals surface area contributed by atoms with Crippen molar-refractivity contribution in [3.63, 3.8) is 0 Å². The second kappa shape index (κ2) is 4.82. The van der Waals surface area contributed by atoms with Crippen molar-refractivity contribution in [3.8, 4) is 0 Å². The molecule has 1 aliphatic rings. The third kappa shape index (κ3) is 4.18. The van der Waals surface area contributed by atoms with Gasteiger partial charge in [0.25, 0.3) is 0 Å². The molecule has 1 aliphatic heterocycles. The van der Waals surface area contributed by atoms with Gasteiger partial charge in [-0.15, -0.1) is 0 Å². The van der Waals surface area contributed by atoms with Crippen molar-refractivity contribution in [1.82, 2.24) is 10.2 Å². The molecule has 92 valence electrons. The lowest BCUT2D eigenvalue weighted by Crippen LogP contribution is -2.56. The molecule has 0 saturated carbocycles. The Morgan fingerprint density at radius 1 is 1.38 bits per heavy atom. The van der Waals surface area contributed by atoms with Crippen LogP contribution in [0.15, 0.2) is 0 Å². The fourth-order valence-electron chi connectivity index (χ4n) is 1.49. The summed E-state index contributed by atoms with van der Waals surface area (Å²) in [5.41, 5.74) is -0.0694. The van der Waals surface area contributed by atoms with Crippen LogP contribution in [0.1, 0.15) is 27.2 Å². The number of nitrogens with one attached hydrogen (secondary N) is 1. The standard InChI is InChI=1S/C11H20N2O3/c1-11(2,3)4-9(15)12-5-10(16)13-6-8(14)7-13/h8,14H,4-7H2,1-3H3,(H,12,15). The van der Waals surface area contributed by atoms with Crippen molar-refractivity contribution in [2.24, 2.45) is 5.41 Å². The van der Waals surface area contributed by atoms with Crippen molar-refractivity contribution in [1.29, 1.82) is 0 Å². The summed E-state index contributed by atoms with van der Waals surface area (Å²) >= 11 is 0. The van der Waals surface area contributed by atoms with Gasteiger partial charge < -0.3 is 15.3 Å². The van der Waals surface area contributed by atoms with Gasteiger partial charge in [0.15, 0.2) is 0 Å². The molecule has 1 fully saturated rings. The van der Waals surface area contributed by atoms with Crippen LogP contribution in [0.3, 0.4) is 0 Å². The molecular formula is C11H20N2O3. The molecule has 0 aromatic rings. The SMILES string of the molecule is CC(C)(C)CC(=O)NCC(=O)N1CC(O)C1. The van der Waals surface area contributed by atoms with Crippen LogP contribution in [0.4, 0.5) is 0 Å². The topological polar surface area (TPSA) is 69.6 Å². The van der Waals surface area contributed by atoms with Crippen LogP contribution in [0.5, 0.6) is 0 Å². The molecular weight excluding hydrogens is 208 g/mol. The van der Waals surface area contributed by atoms with E-state index in [1.165, 1.54) is 4.90 Å². The molecule has 0 aliphatic carbocycles. The number of hydrogen-bond donors (Lipinski definition) is 2. The van der Waals surface area contributed by atoms with Crippen LogP contribution < -0.4 is 5.32 Å². The number of carbonyl (C=O) groups excluding carboxylic acids is 2. The Balaban J connectivity index is 2.19. The van der Waals surface area contributed by atoms with Crippen molar-refractivity contribution < 1.29 is 14.7 Å². The number of amides is 2. The average Bonchev–Trinajstić information content (AvgIpc) is 2.06. The largest absolute Gasteiger partial charge is 0.389 e. The van der Waals surface area contributed by atoms with Crippen LogP contribution >= 0.6 is 0 Å². The summed E-state index contributed by atoms with van der Waals surface area (Å²) in [6, 6.07) is 0. The maximum Gasteiger partial charge on any atom is 0.242 e. The lowest BCUT2D eigenvalue weighted by molar-refractivity contribution is -0.141. The number of likely N-dealkylation sites (tertiary alicyclic amines) is 1. The molecule has 0 unspecified atom stereocenters. The molecule has 5 heteroatoms. The first-order valence-electron chi connectivity index (χ1n) is 5.50. The van der Waals surface area contributed by atoms with Gasteiger partial charge in [0, 0.05) is 19.5 Å². The van der Waals surface area contributed by atoms with Gasteiger partial charge in [-0.05, 0) is 5.41 Å². The van der Waals surface area contributed by atoms with Gasteiger partial charge >= 0.3 is 0 Å². The molecule has 0 atom stereocenters. The van der Waals surface area contributed by atoms with Gasteiger partial charge in [0.05, 0.1) is 12.6 Å². The Morgan fingerprint density at radius 2 is 1.94 bits per heavy atom. The molecule has 16 heavy (non-hydrogen) atoms. The van der Waals surface area contributed by atoms with Gasteiger partial charge in [0.1, 0.15) is 0 Å². The average molecular weight is 228 g/mol. The molecule has 1 rings (SSSR count). The van der Waals surface area contributed by atoms with Crippen LogP contribution in [0, 0.1) is 5.41 Å². The Labute approximate surface area is 95.8 Å². The predicted octanol–water partition coefficient (Wildman–Crippen LogP) is -0.258. The van der Waals surface area contributed by atoms with Gasteiger partial charge in [-0.2, -0.15) is 0 Å². The fourth-order valence-corrected chi connectivity index (χ4v) is 1.49. The smallest absolute Gasteiger partial charge is 0.242 e. The van der Waals surface area contributed by atoms with Crippen molar-refractivity contribution >= 4 is 11.8 Å². The number of β-amino-alcohol motifs (C(OH)–C–C–N with tert-alkyl or cyclic N) is 1. The molecule has 0 bridgehead atoms. The summed E-state index contributed by atoms with van der Waals surface area (Å²) < 4.78 is 0. The monoisotopic (exact) mass is 228 g/mol. The highest BCUT2D eigenvalue weighted by atomic mass is 16.3. The van der Waals surface area contributed by atoms with Crippen LogP contribution in [0.2, 0.25) is 0 Å². The van der Waals surface area contributed by atoms with E-state index in [-0.39, 0.29) is 23.8 Å². The molecule has 2 amide bonds. The minimum Gasteiger partial charge on any atom is -0.389 e. The molecule has 0 aromatic carbocycles. The second-order valence-electron chi connectivity index (χ2n) is 5.47. The summed E-state index contributed by atoms with van der Waals surface area (Å²) in [6.07, 6.45) is 0.0114. The molecule has 1 saturated heterocycles. The summed E-state index contributed by atoms with van der Waals surface area (Å²) in [5.74, 6) is -0.241. The number of aliphatic hydroxyl groups is 1. The Kier molecular flexibility index (Phi) is 3.91. The number of aliphatic hydroxyl groups excluding tert-OH is 1. The van der Waals surface area contributed by atoms with Crippen molar-refractivity contribution in [2.45, 2.75) is 33.3 Å². The summed E-state index contributed by atoms with van der Waals surface area (Å²) in [7, 11) is 0. The van der Waals surface area contributed by atoms with E-state index in [1.807, 2.05) is 20.8 Å². The number of nitrogens with zero attached hydrogens (tertiary/aromatic N) is 1. The third-order valence-corrected chi connectivity index (χ3v) is 2.34. The van der Waals surface area contributed by atoms with Gasteiger partial charge in [-0.25, -0.2) is 0 Å². The zero-order valence-corrected chi connectivity index (χ0v) is 10.1. The molecule has 0 radical (unpaired) electrons. The van der Waals surface area contributed by atoms with E-state index in [2.05, 4.69) is 5.32 Å². The van der Waals surface area contributed by atoms with Crippen molar-refractivity contribution in [3.05, 3.63) is 0 Å². The van der Waals surface area contributed by atoms with E-state index < -0.39 is 6.10 Å². The Hall–Kier alpha value is -1.10. The van der Waals surface area contributed by atoms with E-state index in [0.29, 0.717) is 19.5 Å². The number of rotatable bonds is 3. The van der Waals surface area contributed by atoms with E-state index in [9.17, 15) is 9.59 Å². The summed E-state index contributed by atoms with van der Waals surface area (Å²) in [5, 5.41) is 11.6. The molecule has 0 spiro atoms. The van der Waals surface area contributed by atoms with E-state index >= 15 is 0 Å². The highest BCUT2D eigenvalue weighted by Gasteiger charge is 2.28. The predicted molar refractivity (Wildman–Crippen MR) is 59.7 cm³/mol. The molecule has 2 N–H and O–H groups in total. The zero-order chi connectivity index (χ0) is 12.3. The first-order chi connectivity index (χ1) is 7.28. The first-order valence-corrected chi connectivity index (χ1v) is 5.50. The summed E-state index contributed by atoms with van der Waals surface area (Å²) in [4.78, 5) is 24.4. The van der Waals surface area contributed by atoms with Gasteiger partial charge in [-0.3, -0.25) is 9.59 Å². The minimum absolute atomic E-state index is 0.0294. The number of hydrogen-bond acceptors (Lipinski definition) is 3. The minimum atomic E-state index is -0.394. The quantitative estimate of drug-likeness (QED) is 0.699. The lowest BCUT2D eigenvalue weighted by Gasteiger charge is -2.35. The second-order valence-corrected chi connectivity index (χ2v) is 5.47. The van der Waals surface area contributed by atoms with E-state index in [0.717, 1.165) is 0 Å². The Bertz CT molecular complexity index is 277. The fraction of sp³-hybridized carbons (Fsp3) is 0.818. The number of carbonyl (C=O) groups is 2. The Morgan fingerprint density at radius 3 is 2.38 bits per heavy atom. The molecule has 0 aromatic heterocycles. The third-order valence-electron chi connectivity index (χ3n) is 2.34. The van der Waals surface area contributed by atoms with Crippen LogP contribution in [-0.2, 0) is 9.59 Å². The van der Waals surface area contributed by atoms with Crippen LogP contribution in [-0.4, -0.2) is 47.6 Å². The maximum absolute atomic E-state index is 11.4. The van der Waals surface area contributed by atoms with E-state index in [1.54, 1.807) is 0 Å². The normalized spacial score (nSPS) is 16.9. The maximum atomic E-state index is 11.4. The van der Waals surface area contributed by atoms with Crippen molar-refractivity contribution in [2.75, 3.05) is 19.6 Å². The highest BCUT2D eigenvalue weighted by molar-refractivity contribution is 5.85. The first kappa shape index (κ1) is 13.0. The van der Waals surface area contributed by atoms with E-state index in [4.69, 9.17) is 5.11 Å². The molecule has 5 nitrogen and oxygen atoms in total. The zero-order valence-electron chi connectivity index (χ0n) is 10.1. The van der Waals surface area contributed by atoms with Crippen LogP contribution in [0.25, 0.3) is 0 Å². The summed E-state index contributed by atoms with van der Waals surface area (Å²) in [6.45, 7) is 6.71. The molecule has 1 heterocycles. The lowest BCUT2D eigenvalue weighted by atomic mass is 9.92. The van der Waals surface area contributed by atoms with Gasteiger partial charge in [0.2, 0.25) is 11.8 Å². The van der Waals surface area contributed by atoms with Gasteiger partial charge in [-0.1, -0.05) is 20.8 Å². The highest BCUT2D eigenvalue weighted by Crippen LogP contribution is 2.17.